The first-order valence-electron chi connectivity index (χ1n) is 7.24. The van der Waals surface area contributed by atoms with Gasteiger partial charge in [-0.2, -0.15) is 0 Å². The monoisotopic (exact) mass is 275 g/mol. The molecule has 0 atom stereocenters. The van der Waals surface area contributed by atoms with Crippen LogP contribution in [0.3, 0.4) is 0 Å². The summed E-state index contributed by atoms with van der Waals surface area (Å²) in [6, 6.07) is 5.92. The van der Waals surface area contributed by atoms with Crippen LogP contribution in [-0.4, -0.2) is 38.7 Å². The van der Waals surface area contributed by atoms with E-state index in [-0.39, 0.29) is 17.5 Å². The Bertz CT molecular complexity index is 663. The number of para-hydroxylation sites is 1. The molecule has 0 unspecified atom stereocenters. The summed E-state index contributed by atoms with van der Waals surface area (Å²) < 4.78 is 1.74. The number of imidazole rings is 1. The minimum atomic E-state index is -0.121. The van der Waals surface area contributed by atoms with Crippen LogP contribution in [0.5, 0.6) is 5.75 Å². The van der Waals surface area contributed by atoms with Crippen LogP contribution < -0.4 is 5.69 Å². The highest BCUT2D eigenvalue weighted by molar-refractivity contribution is 5.81. The van der Waals surface area contributed by atoms with Crippen molar-refractivity contribution in [3.05, 3.63) is 28.7 Å². The number of nitrogens with one attached hydrogen (secondary N) is 1. The van der Waals surface area contributed by atoms with Gasteiger partial charge < -0.3 is 15.0 Å². The number of H-pyrrole nitrogens is 1. The normalized spacial score (nSPS) is 18.1. The highest BCUT2D eigenvalue weighted by atomic mass is 16.3. The number of piperidine rings is 1. The van der Waals surface area contributed by atoms with Crippen molar-refractivity contribution in [3.63, 3.8) is 0 Å². The Kier molecular flexibility index (Phi) is 3.30. The van der Waals surface area contributed by atoms with Crippen molar-refractivity contribution >= 4 is 11.0 Å². The van der Waals surface area contributed by atoms with E-state index >= 15 is 0 Å². The molecule has 1 aromatic heterocycles. The Morgan fingerprint density at radius 1 is 1.30 bits per heavy atom. The molecule has 0 bridgehead atoms. The standard InChI is InChI=1S/C15H21N3O2/c1-10(2)17-8-6-11(7-9-17)18-14-12(16-15(18)20)4-3-5-13(14)19/h3-5,10-11,19H,6-9H2,1-2H3,(H,16,20). The fraction of sp³-hybridized carbons (Fsp3) is 0.533. The third-order valence-electron chi connectivity index (χ3n) is 4.31. The van der Waals surface area contributed by atoms with Gasteiger partial charge in [-0.3, -0.25) is 4.57 Å². The molecule has 2 heterocycles. The van der Waals surface area contributed by atoms with Gasteiger partial charge in [0.25, 0.3) is 0 Å². The maximum Gasteiger partial charge on any atom is 0.326 e. The number of fused-ring (bicyclic) bond motifs is 1. The van der Waals surface area contributed by atoms with Crippen molar-refractivity contribution in [3.8, 4) is 5.75 Å². The van der Waals surface area contributed by atoms with E-state index in [4.69, 9.17) is 0 Å². The second-order valence-corrected chi connectivity index (χ2v) is 5.83. The molecule has 1 aliphatic rings. The summed E-state index contributed by atoms with van der Waals surface area (Å²) in [7, 11) is 0. The predicted molar refractivity (Wildman–Crippen MR) is 79.2 cm³/mol. The second kappa shape index (κ2) is 4.98. The van der Waals surface area contributed by atoms with Crippen LogP contribution in [0.2, 0.25) is 0 Å². The number of hydrogen-bond donors (Lipinski definition) is 2. The summed E-state index contributed by atoms with van der Waals surface area (Å²) in [6.07, 6.45) is 1.89. The smallest absolute Gasteiger partial charge is 0.326 e. The Balaban J connectivity index is 1.96. The SMILES string of the molecule is CC(C)N1CCC(n2c(=O)[nH]c3cccc(O)c32)CC1. The van der Waals surface area contributed by atoms with Gasteiger partial charge in [-0.1, -0.05) is 6.07 Å². The summed E-state index contributed by atoms with van der Waals surface area (Å²) in [5, 5.41) is 10.0. The quantitative estimate of drug-likeness (QED) is 0.882. The third kappa shape index (κ3) is 2.12. The Morgan fingerprint density at radius 3 is 2.65 bits per heavy atom. The topological polar surface area (TPSA) is 61.3 Å². The van der Waals surface area contributed by atoms with E-state index < -0.39 is 0 Å². The van der Waals surface area contributed by atoms with Gasteiger partial charge >= 0.3 is 5.69 Å². The van der Waals surface area contributed by atoms with Crippen LogP contribution in [0, 0.1) is 0 Å². The number of phenolic OH excluding ortho intramolecular Hbond substituents is 1. The van der Waals surface area contributed by atoms with E-state index in [0.29, 0.717) is 17.1 Å². The van der Waals surface area contributed by atoms with Gasteiger partial charge in [-0.25, -0.2) is 4.79 Å². The van der Waals surface area contributed by atoms with Crippen LogP contribution in [-0.2, 0) is 0 Å². The number of hydrogen-bond acceptors (Lipinski definition) is 3. The summed E-state index contributed by atoms with van der Waals surface area (Å²) in [5.41, 5.74) is 1.23. The van der Waals surface area contributed by atoms with Crippen LogP contribution in [0.4, 0.5) is 0 Å². The number of nitrogens with zero attached hydrogens (tertiary/aromatic N) is 2. The van der Waals surface area contributed by atoms with Crippen LogP contribution in [0.25, 0.3) is 11.0 Å². The van der Waals surface area contributed by atoms with Crippen molar-refractivity contribution < 1.29 is 5.11 Å². The molecule has 5 heteroatoms. The zero-order chi connectivity index (χ0) is 14.3. The molecule has 2 N–H and O–H groups in total. The number of aromatic amines is 1. The lowest BCUT2D eigenvalue weighted by atomic mass is 10.0. The molecule has 2 aromatic rings. The first kappa shape index (κ1) is 13.2. The first-order valence-corrected chi connectivity index (χ1v) is 7.24. The van der Waals surface area contributed by atoms with Crippen molar-refractivity contribution in [1.29, 1.82) is 0 Å². The summed E-state index contributed by atoms with van der Waals surface area (Å²) >= 11 is 0. The Labute approximate surface area is 117 Å². The molecule has 0 radical (unpaired) electrons. The van der Waals surface area contributed by atoms with E-state index in [1.165, 1.54) is 0 Å². The fourth-order valence-electron chi connectivity index (χ4n) is 3.17. The summed E-state index contributed by atoms with van der Waals surface area (Å²) in [6.45, 7) is 6.39. The van der Waals surface area contributed by atoms with Gasteiger partial charge in [-0.05, 0) is 38.8 Å². The van der Waals surface area contributed by atoms with Crippen LogP contribution in [0.1, 0.15) is 32.7 Å². The van der Waals surface area contributed by atoms with Gasteiger partial charge in [0.15, 0.2) is 0 Å². The molecule has 5 nitrogen and oxygen atoms in total. The summed E-state index contributed by atoms with van der Waals surface area (Å²) in [4.78, 5) is 17.4. The Hall–Kier alpha value is -1.75. The van der Waals surface area contributed by atoms with Crippen LogP contribution in [0.15, 0.2) is 23.0 Å². The molecule has 108 valence electrons. The second-order valence-electron chi connectivity index (χ2n) is 5.83. The molecule has 1 saturated heterocycles. The molecule has 1 fully saturated rings. The van der Waals surface area contributed by atoms with Gasteiger partial charge in [0, 0.05) is 25.2 Å². The zero-order valence-electron chi connectivity index (χ0n) is 12.0. The predicted octanol–water partition coefficient (Wildman–Crippen LogP) is 2.08. The minimum absolute atomic E-state index is 0.121. The van der Waals surface area contributed by atoms with Crippen LogP contribution >= 0.6 is 0 Å². The van der Waals surface area contributed by atoms with Crippen molar-refractivity contribution in [1.82, 2.24) is 14.5 Å². The van der Waals surface area contributed by atoms with E-state index in [2.05, 4.69) is 23.7 Å². The molecular weight excluding hydrogens is 254 g/mol. The van der Waals surface area contributed by atoms with Gasteiger partial charge in [0.2, 0.25) is 0 Å². The number of benzene rings is 1. The Morgan fingerprint density at radius 2 is 2.00 bits per heavy atom. The molecule has 0 saturated carbocycles. The van der Waals surface area contributed by atoms with E-state index in [1.54, 1.807) is 16.7 Å². The van der Waals surface area contributed by atoms with E-state index in [1.807, 2.05) is 6.07 Å². The molecule has 3 rings (SSSR count). The first-order chi connectivity index (χ1) is 9.58. The number of aromatic hydroxyl groups is 1. The molecule has 0 amide bonds. The molecule has 20 heavy (non-hydrogen) atoms. The number of likely N-dealkylation sites (tertiary alicyclic amines) is 1. The van der Waals surface area contributed by atoms with Gasteiger partial charge in [-0.15, -0.1) is 0 Å². The molecule has 1 aliphatic heterocycles. The number of rotatable bonds is 2. The molecule has 0 spiro atoms. The van der Waals surface area contributed by atoms with Gasteiger partial charge in [0.1, 0.15) is 11.3 Å². The highest BCUT2D eigenvalue weighted by Crippen LogP contribution is 2.29. The third-order valence-corrected chi connectivity index (χ3v) is 4.31. The van der Waals surface area contributed by atoms with E-state index in [9.17, 15) is 9.90 Å². The average molecular weight is 275 g/mol. The lowest BCUT2D eigenvalue weighted by Crippen LogP contribution is -2.40. The van der Waals surface area contributed by atoms with Crippen molar-refractivity contribution in [2.45, 2.75) is 38.8 Å². The summed E-state index contributed by atoms with van der Waals surface area (Å²) in [5.74, 6) is 0.173. The zero-order valence-corrected chi connectivity index (χ0v) is 12.0. The maximum atomic E-state index is 12.2. The minimum Gasteiger partial charge on any atom is -0.506 e. The lowest BCUT2D eigenvalue weighted by molar-refractivity contribution is 0.152. The fourth-order valence-corrected chi connectivity index (χ4v) is 3.17. The average Bonchev–Trinajstić information content (AvgIpc) is 2.76. The maximum absolute atomic E-state index is 12.2. The highest BCUT2D eigenvalue weighted by Gasteiger charge is 2.25. The number of aromatic nitrogens is 2. The van der Waals surface area contributed by atoms with Crippen molar-refractivity contribution in [2.75, 3.05) is 13.1 Å². The van der Waals surface area contributed by atoms with E-state index in [0.717, 1.165) is 25.9 Å². The molecular formula is C15H21N3O2. The molecule has 1 aromatic carbocycles. The van der Waals surface area contributed by atoms with Crippen molar-refractivity contribution in [2.24, 2.45) is 0 Å². The largest absolute Gasteiger partial charge is 0.506 e. The lowest BCUT2D eigenvalue weighted by Gasteiger charge is -2.35. The number of phenols is 1. The molecule has 0 aliphatic carbocycles. The van der Waals surface area contributed by atoms with Gasteiger partial charge in [0.05, 0.1) is 5.52 Å².